The van der Waals surface area contributed by atoms with Crippen LogP contribution in [0.25, 0.3) is 0 Å². The van der Waals surface area contributed by atoms with E-state index in [4.69, 9.17) is 16.1 Å². The summed E-state index contributed by atoms with van der Waals surface area (Å²) in [7, 11) is 0. The topological polar surface area (TPSA) is 200 Å². The van der Waals surface area contributed by atoms with Gasteiger partial charge in [0.05, 0.1) is 17.4 Å². The van der Waals surface area contributed by atoms with Crippen LogP contribution >= 0.6 is 71.5 Å². The molecule has 276 valence electrons. The van der Waals surface area contributed by atoms with Crippen molar-refractivity contribution in [3.63, 3.8) is 0 Å². The summed E-state index contributed by atoms with van der Waals surface area (Å²) in [6.07, 6.45) is 0. The molecule has 0 aliphatic carbocycles. The Labute approximate surface area is 333 Å². The summed E-state index contributed by atoms with van der Waals surface area (Å²) >= 11 is 9.44. The maximum atomic E-state index is 12.4. The summed E-state index contributed by atoms with van der Waals surface area (Å²) in [5.41, 5.74) is 10.2. The van der Waals surface area contributed by atoms with Crippen LogP contribution in [0.3, 0.4) is 0 Å². The van der Waals surface area contributed by atoms with Crippen LogP contribution in [0.15, 0.2) is 44.0 Å². The van der Waals surface area contributed by atoms with Crippen LogP contribution in [0.1, 0.15) is 101 Å². The van der Waals surface area contributed by atoms with E-state index >= 15 is 0 Å². The normalized spacial score (nSPS) is 9.73. The molecule has 0 radical (unpaired) electrons. The van der Waals surface area contributed by atoms with Gasteiger partial charge >= 0.3 is 5.97 Å². The van der Waals surface area contributed by atoms with Crippen molar-refractivity contribution < 1.29 is 24.3 Å². The largest absolute Gasteiger partial charge is 0.476 e. The average Bonchev–Trinajstić information content (AvgIpc) is 3.68. The number of carbonyl (C=O) groups excluding carboxylic acids is 3. The van der Waals surface area contributed by atoms with Crippen molar-refractivity contribution in [2.75, 3.05) is 21.7 Å². The van der Waals surface area contributed by atoms with Gasteiger partial charge in [-0.3, -0.25) is 14.4 Å². The number of carboxylic acids is 1. The first kappa shape index (κ1) is 47.3. The van der Waals surface area contributed by atoms with Gasteiger partial charge in [0, 0.05) is 49.8 Å². The molecule has 0 atom stereocenters. The number of ketones is 2. The number of hydrogen-bond acceptors (Lipinski definition) is 12. The van der Waals surface area contributed by atoms with Crippen molar-refractivity contribution in [2.45, 2.75) is 74.4 Å². The van der Waals surface area contributed by atoms with Gasteiger partial charge < -0.3 is 26.8 Å². The van der Waals surface area contributed by atoms with Crippen LogP contribution in [-0.2, 0) is 0 Å². The van der Waals surface area contributed by atoms with Crippen LogP contribution in [0, 0.1) is 25.2 Å². The van der Waals surface area contributed by atoms with Crippen molar-refractivity contribution >= 4 is 117 Å². The van der Waals surface area contributed by atoms with Gasteiger partial charge in [0.2, 0.25) is 0 Å². The van der Waals surface area contributed by atoms with Crippen LogP contribution in [-0.4, -0.2) is 50.6 Å². The smallest absolute Gasteiger partial charge is 0.355 e. The van der Waals surface area contributed by atoms with Crippen LogP contribution < -0.4 is 21.7 Å². The lowest BCUT2D eigenvalue weighted by molar-refractivity contribution is 0.0690. The highest BCUT2D eigenvalue weighted by Gasteiger charge is 2.18. The Bertz CT molecular complexity index is 1850. The van der Waals surface area contributed by atoms with Gasteiger partial charge in [-0.25, -0.2) is 14.8 Å². The molecule has 0 fully saturated rings. The third-order valence-corrected chi connectivity index (χ3v) is 9.61. The summed E-state index contributed by atoms with van der Waals surface area (Å²) < 4.78 is 1.52. The molecule has 51 heavy (non-hydrogen) atoms. The molecule has 6 N–H and O–H groups in total. The Morgan fingerprint density at radius 2 is 1.24 bits per heavy atom. The fraction of sp³-hybridized carbons (Fsp3) is 0.324. The molecule has 2 aromatic heterocycles. The maximum absolute atomic E-state index is 12.4. The van der Waals surface area contributed by atoms with E-state index in [9.17, 15) is 19.2 Å². The van der Waals surface area contributed by atoms with E-state index < -0.39 is 5.97 Å². The summed E-state index contributed by atoms with van der Waals surface area (Å²) in [5, 5.41) is 29.4. The number of anilines is 4. The Hall–Kier alpha value is -3.69. The quantitative estimate of drug-likeness (QED) is 0.0791. The number of Topliss-reactive ketones (excluding diaryl/α,β-unsaturated/α-hetero) is 2. The minimum absolute atomic E-state index is 0. The number of nitrogens with two attached hydrogens (primary N) is 1. The maximum Gasteiger partial charge on any atom is 0.355 e. The molecule has 0 unspecified atom stereocenters. The molecular weight excluding hydrogens is 890 g/mol. The zero-order valence-electron chi connectivity index (χ0n) is 29.6. The van der Waals surface area contributed by atoms with Gasteiger partial charge in [-0.2, -0.15) is 5.26 Å². The third kappa shape index (κ3) is 15.6. The predicted octanol–water partition coefficient (Wildman–Crippen LogP) is 9.80. The van der Waals surface area contributed by atoms with E-state index in [1.54, 1.807) is 23.6 Å². The number of nitrogens with zero attached hydrogens (tertiary/aromatic N) is 3. The summed E-state index contributed by atoms with van der Waals surface area (Å²) in [6, 6.07) is 9.44. The van der Waals surface area contributed by atoms with Crippen molar-refractivity contribution in [3.05, 3.63) is 77.6 Å². The van der Waals surface area contributed by atoms with Crippen molar-refractivity contribution in [3.8, 4) is 6.07 Å². The Morgan fingerprint density at radius 1 is 0.824 bits per heavy atom. The van der Waals surface area contributed by atoms with Crippen molar-refractivity contribution in [1.29, 1.82) is 5.26 Å². The molecule has 12 nitrogen and oxygen atoms in total. The number of aromatic nitrogens is 2. The molecule has 0 aliphatic heterocycles. The van der Waals surface area contributed by atoms with Crippen molar-refractivity contribution in [1.82, 2.24) is 9.97 Å². The number of carboxylic acid groups (broad SMARTS) is 1. The second-order valence-electron chi connectivity index (χ2n) is 11.0. The molecule has 2 aromatic carbocycles. The molecule has 2 heterocycles. The molecule has 17 heteroatoms. The van der Waals surface area contributed by atoms with Gasteiger partial charge in [0.15, 0.2) is 27.5 Å². The number of amides is 1. The lowest BCUT2D eigenvalue weighted by Gasteiger charge is -2.12. The highest BCUT2D eigenvalue weighted by molar-refractivity contribution is 9.11. The zero-order chi connectivity index (χ0) is 38.3. The second-order valence-corrected chi connectivity index (χ2v) is 14.3. The number of nitriles is 1. The molecule has 1 amide bonds. The number of halogens is 3. The number of nitrogen functional groups attached to an aromatic ring is 1. The molecule has 4 aromatic rings. The minimum atomic E-state index is -0.983. The summed E-state index contributed by atoms with van der Waals surface area (Å²) in [4.78, 5) is 53.8. The van der Waals surface area contributed by atoms with E-state index in [0.29, 0.717) is 42.9 Å². The SMILES string of the molecule is Br.CC#N.CC(=O)c1ccc(C)c(Br)c1N.CC(=O)c1ccc(C)c(Br)c1NC(=O)c1csc(NC(C)C)n1.CC(C)Nc1nc(C(=O)O)cs1. The standard InChI is InChI=1S/C16H18BrN3O2S.C9H10BrNO.C7H10N2O2S.C2H3N.BrH/c1-8(2)18-16-19-12(7-23-16)15(22)20-14-11(10(4)21)6-5-9(3)13(14)17;1-5-3-4-7(6(2)12)9(11)8(5)10;1-4(2)8-7-9-5(3-12-7)6(10)11;1-2-3;/h5-8H,1-4H3,(H,18,19)(H,20,22);3-4H,11H2,1-2H3;3-4H,1-2H3,(H,8,9)(H,10,11);1H3;1H. The molecule has 0 aliphatic rings. The van der Waals surface area contributed by atoms with E-state index in [-0.39, 0.29) is 52.2 Å². The molecule has 0 bridgehead atoms. The van der Waals surface area contributed by atoms with E-state index in [1.807, 2.05) is 53.7 Å². The monoisotopic (exact) mass is 929 g/mol. The summed E-state index contributed by atoms with van der Waals surface area (Å²) in [6.45, 7) is 16.2. The highest BCUT2D eigenvalue weighted by Crippen LogP contribution is 2.31. The number of thiazole rings is 2. The number of hydrogen-bond donors (Lipinski definition) is 5. The number of benzene rings is 2. The molecular formula is C34H42Br3N7O5S2. The van der Waals surface area contributed by atoms with Crippen LogP contribution in [0.4, 0.5) is 21.6 Å². The van der Waals surface area contributed by atoms with Crippen LogP contribution in [0.2, 0.25) is 0 Å². The van der Waals surface area contributed by atoms with E-state index in [1.165, 1.54) is 48.8 Å². The minimum Gasteiger partial charge on any atom is -0.476 e. The molecule has 0 spiro atoms. The average molecular weight is 933 g/mol. The van der Waals surface area contributed by atoms with Gasteiger partial charge in [-0.15, -0.1) is 39.7 Å². The Balaban J connectivity index is 0.000000757. The van der Waals surface area contributed by atoms with Gasteiger partial charge in [0.25, 0.3) is 5.91 Å². The number of aryl methyl sites for hydroxylation is 2. The molecule has 0 saturated heterocycles. The van der Waals surface area contributed by atoms with E-state index in [0.717, 1.165) is 15.6 Å². The highest BCUT2D eigenvalue weighted by atomic mass is 79.9. The number of rotatable bonds is 9. The predicted molar refractivity (Wildman–Crippen MR) is 220 cm³/mol. The fourth-order valence-electron chi connectivity index (χ4n) is 3.66. The third-order valence-electron chi connectivity index (χ3n) is 5.99. The first-order chi connectivity index (χ1) is 23.3. The van der Waals surface area contributed by atoms with Gasteiger partial charge in [-0.05, 0) is 111 Å². The number of carbonyl (C=O) groups is 4. The van der Waals surface area contributed by atoms with Crippen molar-refractivity contribution in [2.24, 2.45) is 0 Å². The van der Waals surface area contributed by atoms with E-state index in [2.05, 4.69) is 57.8 Å². The molecule has 0 saturated carbocycles. The van der Waals surface area contributed by atoms with Gasteiger partial charge in [-0.1, -0.05) is 12.1 Å². The lowest BCUT2D eigenvalue weighted by atomic mass is 10.1. The number of aromatic carboxylic acids is 1. The Kier molecular flexibility index (Phi) is 21.3. The second kappa shape index (κ2) is 23.0. The summed E-state index contributed by atoms with van der Waals surface area (Å²) in [5.74, 6) is -1.44. The van der Waals surface area contributed by atoms with Gasteiger partial charge in [0.1, 0.15) is 5.69 Å². The fourth-order valence-corrected chi connectivity index (χ4v) is 6.12. The first-order valence-corrected chi connectivity index (χ1v) is 18.3. The zero-order valence-corrected chi connectivity index (χ0v) is 36.1. The first-order valence-electron chi connectivity index (χ1n) is 15.0. The lowest BCUT2D eigenvalue weighted by Crippen LogP contribution is -2.16. The Morgan fingerprint density at radius 3 is 1.65 bits per heavy atom. The molecule has 4 rings (SSSR count). The van der Waals surface area contributed by atoms with Crippen LogP contribution in [0.5, 0.6) is 0 Å². The number of nitrogens with one attached hydrogen (secondary N) is 3.